The third-order valence-electron chi connectivity index (χ3n) is 0.772. The quantitative estimate of drug-likeness (QED) is 0.402. The van der Waals surface area contributed by atoms with Crippen LogP contribution in [-0.2, 0) is 11.1 Å². The van der Waals surface area contributed by atoms with Crippen molar-refractivity contribution in [2.75, 3.05) is 12.3 Å². The van der Waals surface area contributed by atoms with Crippen LogP contribution in [0.4, 0.5) is 4.79 Å². The predicted molar refractivity (Wildman–Crippen MR) is 36.3 cm³/mol. The van der Waals surface area contributed by atoms with Gasteiger partial charge in [0.15, 0.2) is 11.1 Å². The molecule has 60 valence electrons. The van der Waals surface area contributed by atoms with Crippen LogP contribution in [0.15, 0.2) is 0 Å². The summed E-state index contributed by atoms with van der Waals surface area (Å²) < 4.78 is 18.2. The highest BCUT2D eigenvalue weighted by Crippen LogP contribution is 1.80. The van der Waals surface area contributed by atoms with E-state index in [4.69, 9.17) is 9.66 Å². The first-order valence-electron chi connectivity index (χ1n) is 2.67. The molecule has 0 aromatic carbocycles. The number of amides is 1. The fourth-order valence-electron chi connectivity index (χ4n) is 0.391. The normalized spacial score (nSPS) is 12.5. The van der Waals surface area contributed by atoms with Crippen LogP contribution in [0.2, 0.25) is 0 Å². The topological polar surface area (TPSA) is 86.6 Å². The summed E-state index contributed by atoms with van der Waals surface area (Å²) in [6.45, 7) is 0.224. The zero-order chi connectivity index (χ0) is 7.98. The van der Waals surface area contributed by atoms with E-state index in [1.54, 1.807) is 0 Å². The highest BCUT2D eigenvalue weighted by atomic mass is 32.2. The molecule has 0 bridgehead atoms. The summed E-state index contributed by atoms with van der Waals surface area (Å²) in [6.07, 6.45) is -0.723. The van der Waals surface area contributed by atoms with E-state index in [-0.39, 0.29) is 12.3 Å². The Morgan fingerprint density at radius 3 is 2.60 bits per heavy atom. The van der Waals surface area contributed by atoms with Gasteiger partial charge in [0.2, 0.25) is 0 Å². The van der Waals surface area contributed by atoms with Crippen LogP contribution in [0.25, 0.3) is 0 Å². The van der Waals surface area contributed by atoms with Gasteiger partial charge < -0.3 is 15.0 Å². The lowest BCUT2D eigenvalue weighted by Gasteiger charge is -1.96. The smallest absolute Gasteiger partial charge is 0.404 e. The minimum absolute atomic E-state index is 0.111. The molecule has 0 radical (unpaired) electrons. The molecule has 0 spiro atoms. The lowest BCUT2D eigenvalue weighted by Crippen LogP contribution is -2.22. The van der Waals surface area contributed by atoms with Gasteiger partial charge in [-0.2, -0.15) is 0 Å². The molecule has 5 nitrogen and oxygen atoms in total. The molecule has 0 heterocycles. The predicted octanol–water partition coefficient (Wildman–Crippen LogP) is -0.134. The Labute approximate surface area is 60.7 Å². The van der Waals surface area contributed by atoms with Gasteiger partial charge in [0.1, 0.15) is 0 Å². The van der Waals surface area contributed by atoms with Crippen molar-refractivity contribution in [3.63, 3.8) is 0 Å². The second kappa shape index (κ2) is 5.19. The van der Waals surface area contributed by atoms with Gasteiger partial charge in [0.25, 0.3) is 0 Å². The van der Waals surface area contributed by atoms with Crippen molar-refractivity contribution in [1.82, 2.24) is 5.32 Å². The molecule has 1 unspecified atom stereocenters. The van der Waals surface area contributed by atoms with Crippen LogP contribution in [0.5, 0.6) is 0 Å². The van der Waals surface area contributed by atoms with Gasteiger partial charge in [-0.1, -0.05) is 0 Å². The summed E-state index contributed by atoms with van der Waals surface area (Å²) in [4.78, 5) is 9.79. The van der Waals surface area contributed by atoms with E-state index in [2.05, 4.69) is 5.32 Å². The van der Waals surface area contributed by atoms with Gasteiger partial charge >= 0.3 is 6.09 Å². The van der Waals surface area contributed by atoms with E-state index >= 15 is 0 Å². The number of nitrogens with one attached hydrogen (secondary N) is 1. The van der Waals surface area contributed by atoms with Gasteiger partial charge in [-0.05, 0) is 6.42 Å². The molecular formula is C4H9NO4S. The van der Waals surface area contributed by atoms with Gasteiger partial charge in [-0.15, -0.1) is 0 Å². The van der Waals surface area contributed by atoms with Gasteiger partial charge in [0.05, 0.1) is 5.75 Å². The zero-order valence-corrected chi connectivity index (χ0v) is 6.06. The molecule has 0 aliphatic heterocycles. The highest BCUT2D eigenvalue weighted by Gasteiger charge is 1.95. The van der Waals surface area contributed by atoms with Crippen molar-refractivity contribution in [3.05, 3.63) is 0 Å². The summed E-state index contributed by atoms with van der Waals surface area (Å²) >= 11 is -1.81. The number of hydrogen-bond acceptors (Lipinski definition) is 2. The Kier molecular flexibility index (Phi) is 4.87. The van der Waals surface area contributed by atoms with Crippen LogP contribution in [0, 0.1) is 0 Å². The number of carboxylic acid groups (broad SMARTS) is 1. The summed E-state index contributed by atoms with van der Waals surface area (Å²) in [7, 11) is 0. The lowest BCUT2D eigenvalue weighted by atomic mass is 10.5. The maximum atomic E-state index is 9.98. The van der Waals surface area contributed by atoms with E-state index < -0.39 is 17.2 Å². The zero-order valence-electron chi connectivity index (χ0n) is 5.24. The molecule has 0 saturated heterocycles. The molecule has 0 aliphatic rings. The molecule has 0 aromatic heterocycles. The fourth-order valence-corrected chi connectivity index (χ4v) is 0.782. The largest absolute Gasteiger partial charge is 0.465 e. The maximum absolute atomic E-state index is 9.98. The van der Waals surface area contributed by atoms with E-state index in [0.29, 0.717) is 6.42 Å². The van der Waals surface area contributed by atoms with Crippen molar-refractivity contribution in [2.45, 2.75) is 6.42 Å². The van der Waals surface area contributed by atoms with Crippen LogP contribution >= 0.6 is 0 Å². The first kappa shape index (κ1) is 9.38. The summed E-state index contributed by atoms with van der Waals surface area (Å²) in [5.41, 5.74) is 0. The molecule has 10 heavy (non-hydrogen) atoms. The lowest BCUT2D eigenvalue weighted by molar-refractivity contribution is 0.194. The Balaban J connectivity index is 3.06. The van der Waals surface area contributed by atoms with Crippen LogP contribution < -0.4 is 5.32 Å². The molecule has 6 heteroatoms. The van der Waals surface area contributed by atoms with E-state index in [1.807, 2.05) is 0 Å². The van der Waals surface area contributed by atoms with Crippen molar-refractivity contribution in [2.24, 2.45) is 0 Å². The number of rotatable bonds is 4. The van der Waals surface area contributed by atoms with Gasteiger partial charge in [-0.25, -0.2) is 9.00 Å². The molecule has 1 atom stereocenters. The minimum atomic E-state index is -1.81. The number of hydrogen-bond donors (Lipinski definition) is 3. The third kappa shape index (κ3) is 7.38. The van der Waals surface area contributed by atoms with Gasteiger partial charge in [0, 0.05) is 6.54 Å². The Hall–Kier alpha value is -0.620. The Morgan fingerprint density at radius 1 is 1.60 bits per heavy atom. The molecule has 0 saturated carbocycles. The average Bonchev–Trinajstić information content (AvgIpc) is 1.79. The Bertz CT molecular complexity index is 121. The SMILES string of the molecule is O=C(O)NCCCS(=O)O. The highest BCUT2D eigenvalue weighted by molar-refractivity contribution is 7.79. The van der Waals surface area contributed by atoms with Crippen molar-refractivity contribution in [3.8, 4) is 0 Å². The van der Waals surface area contributed by atoms with Crippen LogP contribution in [-0.4, -0.2) is 32.3 Å². The summed E-state index contributed by atoms with van der Waals surface area (Å²) in [5.74, 6) is 0.111. The average molecular weight is 167 g/mol. The van der Waals surface area contributed by atoms with Crippen LogP contribution in [0.3, 0.4) is 0 Å². The van der Waals surface area contributed by atoms with Crippen molar-refractivity contribution < 1.29 is 18.7 Å². The summed E-state index contributed by atoms with van der Waals surface area (Å²) in [6, 6.07) is 0. The first-order chi connectivity index (χ1) is 4.63. The molecule has 0 aliphatic carbocycles. The van der Waals surface area contributed by atoms with Crippen LogP contribution in [0.1, 0.15) is 6.42 Å². The molecule has 0 rings (SSSR count). The fraction of sp³-hybridized carbons (Fsp3) is 0.750. The molecule has 0 fully saturated rings. The number of carbonyl (C=O) groups is 1. The summed E-state index contributed by atoms with van der Waals surface area (Å²) in [5, 5.41) is 10.1. The van der Waals surface area contributed by atoms with E-state index in [1.165, 1.54) is 0 Å². The van der Waals surface area contributed by atoms with Crippen molar-refractivity contribution >= 4 is 17.2 Å². The standard InChI is InChI=1S/C4H9NO4S/c6-4(7)5-2-1-3-10(8)9/h5H,1-3H2,(H,6,7)(H,8,9). The molecule has 1 amide bonds. The monoisotopic (exact) mass is 167 g/mol. The first-order valence-corrected chi connectivity index (χ1v) is 3.95. The maximum Gasteiger partial charge on any atom is 0.404 e. The molecule has 3 N–H and O–H groups in total. The van der Waals surface area contributed by atoms with E-state index in [0.717, 1.165) is 0 Å². The Morgan fingerprint density at radius 2 is 2.20 bits per heavy atom. The minimum Gasteiger partial charge on any atom is -0.465 e. The van der Waals surface area contributed by atoms with Crippen molar-refractivity contribution in [1.29, 1.82) is 0 Å². The van der Waals surface area contributed by atoms with Gasteiger partial charge in [-0.3, -0.25) is 0 Å². The second-order valence-corrected chi connectivity index (χ2v) is 2.66. The third-order valence-corrected chi connectivity index (χ3v) is 1.41. The second-order valence-electron chi connectivity index (χ2n) is 1.61. The molecular weight excluding hydrogens is 158 g/mol. The molecule has 0 aromatic rings. The van der Waals surface area contributed by atoms with E-state index in [9.17, 15) is 9.00 Å².